The van der Waals surface area contributed by atoms with Crippen molar-refractivity contribution in [3.8, 4) is 0 Å². The number of likely N-dealkylation sites (tertiary alicyclic amines) is 1. The van der Waals surface area contributed by atoms with Gasteiger partial charge in [-0.2, -0.15) is 0 Å². The molecule has 204 valence electrons. The van der Waals surface area contributed by atoms with Crippen molar-refractivity contribution >= 4 is 34.4 Å². The molecule has 0 radical (unpaired) electrons. The van der Waals surface area contributed by atoms with Crippen LogP contribution < -0.4 is 10.6 Å². The average Bonchev–Trinajstić information content (AvgIpc) is 3.65. The van der Waals surface area contributed by atoms with Crippen LogP contribution in [0.3, 0.4) is 0 Å². The van der Waals surface area contributed by atoms with Crippen molar-refractivity contribution in [1.29, 1.82) is 0 Å². The molecule has 2 aliphatic heterocycles. The molecule has 3 amide bonds. The van der Waals surface area contributed by atoms with Crippen molar-refractivity contribution in [3.05, 3.63) is 35.5 Å². The van der Waals surface area contributed by atoms with Gasteiger partial charge >= 0.3 is 0 Å². The number of alkyl halides is 2. The molecule has 9 nitrogen and oxygen atoms in total. The maximum Gasteiger partial charge on any atom is 0.271 e. The van der Waals surface area contributed by atoms with Gasteiger partial charge in [0.2, 0.25) is 11.8 Å². The van der Waals surface area contributed by atoms with E-state index >= 15 is 0 Å². The van der Waals surface area contributed by atoms with E-state index in [-0.39, 0.29) is 40.8 Å². The molecule has 4 N–H and O–H groups in total. The number of fused-ring (bicyclic) bond motifs is 2. The molecular weight excluding hydrogens is 498 g/mol. The second-order valence-electron chi connectivity index (χ2n) is 10.8. The molecule has 38 heavy (non-hydrogen) atoms. The largest absolute Gasteiger partial charge is 0.389 e. The molecule has 2 saturated heterocycles. The Hall–Kier alpha value is -3.34. The summed E-state index contributed by atoms with van der Waals surface area (Å²) in [5.41, 5.74) is 0.315. The van der Waals surface area contributed by atoms with Crippen molar-refractivity contribution in [2.75, 3.05) is 19.7 Å². The highest BCUT2D eigenvalue weighted by Gasteiger charge is 2.50. The van der Waals surface area contributed by atoms with Gasteiger partial charge in [0, 0.05) is 42.4 Å². The molecule has 5 atom stereocenters. The van der Waals surface area contributed by atoms with Crippen LogP contribution in [0.2, 0.25) is 0 Å². The lowest BCUT2D eigenvalue weighted by Crippen LogP contribution is -2.53. The summed E-state index contributed by atoms with van der Waals surface area (Å²) in [4.78, 5) is 56.3. The second-order valence-corrected chi connectivity index (χ2v) is 10.8. The van der Waals surface area contributed by atoms with Crippen LogP contribution in [0, 0.1) is 17.8 Å². The lowest BCUT2D eigenvalue weighted by molar-refractivity contribution is -0.133. The van der Waals surface area contributed by atoms with E-state index in [1.54, 1.807) is 6.07 Å². The molecule has 0 bridgehead atoms. The first-order valence-corrected chi connectivity index (χ1v) is 13.1. The molecule has 0 unspecified atom stereocenters. The van der Waals surface area contributed by atoms with Crippen LogP contribution >= 0.6 is 0 Å². The van der Waals surface area contributed by atoms with Gasteiger partial charge in [-0.25, -0.2) is 8.78 Å². The van der Waals surface area contributed by atoms with Crippen molar-refractivity contribution in [1.82, 2.24) is 20.5 Å². The lowest BCUT2D eigenvalue weighted by Gasteiger charge is -2.29. The van der Waals surface area contributed by atoms with Crippen molar-refractivity contribution in [2.24, 2.45) is 17.8 Å². The molecule has 1 aromatic carbocycles. The van der Waals surface area contributed by atoms with Crippen LogP contribution in [0.25, 0.3) is 10.9 Å². The zero-order chi connectivity index (χ0) is 27.2. The number of aliphatic hydroxyl groups is 1. The Morgan fingerprint density at radius 3 is 2.71 bits per heavy atom. The number of hydrogen-bond donors (Lipinski definition) is 4. The number of aliphatic hydroxyl groups excluding tert-OH is 1. The maximum absolute atomic E-state index is 14.2. The Bertz CT molecular complexity index is 1270. The number of H-pyrrole nitrogens is 1. The zero-order valence-electron chi connectivity index (χ0n) is 21.1. The van der Waals surface area contributed by atoms with Gasteiger partial charge in [-0.3, -0.25) is 19.2 Å². The number of hydrogen-bond acceptors (Lipinski definition) is 5. The average molecular weight is 531 g/mol. The van der Waals surface area contributed by atoms with E-state index in [2.05, 4.69) is 15.6 Å². The monoisotopic (exact) mass is 530 g/mol. The first-order valence-electron chi connectivity index (χ1n) is 13.1. The minimum atomic E-state index is -3.10. The molecule has 1 aliphatic carbocycles. The van der Waals surface area contributed by atoms with Crippen molar-refractivity contribution in [2.45, 2.75) is 57.0 Å². The highest BCUT2D eigenvalue weighted by atomic mass is 19.3. The normalized spacial score (nSPS) is 25.9. The molecule has 3 fully saturated rings. The third-order valence-corrected chi connectivity index (χ3v) is 8.33. The van der Waals surface area contributed by atoms with E-state index in [1.165, 1.54) is 23.1 Å². The molecule has 2 aromatic rings. The lowest BCUT2D eigenvalue weighted by atomic mass is 9.92. The van der Waals surface area contributed by atoms with Gasteiger partial charge in [-0.15, -0.1) is 0 Å². The number of halogens is 2. The first-order chi connectivity index (χ1) is 18.1. The van der Waals surface area contributed by atoms with Gasteiger partial charge in [0.25, 0.3) is 11.8 Å². The van der Waals surface area contributed by atoms with E-state index < -0.39 is 48.1 Å². The van der Waals surface area contributed by atoms with Gasteiger partial charge in [0.1, 0.15) is 18.3 Å². The number of Topliss-reactive ketones (excluding diaryl/α,β-unsaturated/α-hetero) is 1. The number of aromatic amines is 1. The Morgan fingerprint density at radius 1 is 1.24 bits per heavy atom. The summed E-state index contributed by atoms with van der Waals surface area (Å²) in [5.74, 6) is -5.30. The number of carbonyl (C=O) groups is 4. The van der Waals surface area contributed by atoms with E-state index in [4.69, 9.17) is 0 Å². The SMILES string of the molecule is CC(F)(F)c1cccc2[nH]c(C(=O)N3C[C@@H]4CCC[C@@H]4[C@H]3C(=O)N[C@@H](C[C@@H]3CCNC3=O)C(=O)CO)cc12. The summed E-state index contributed by atoms with van der Waals surface area (Å²) in [6.45, 7) is 0.857. The van der Waals surface area contributed by atoms with Crippen LogP contribution in [0.4, 0.5) is 8.78 Å². The van der Waals surface area contributed by atoms with Crippen LogP contribution in [-0.2, 0) is 20.3 Å². The summed E-state index contributed by atoms with van der Waals surface area (Å²) in [7, 11) is 0. The molecule has 11 heteroatoms. The summed E-state index contributed by atoms with van der Waals surface area (Å²) in [5, 5.41) is 15.2. The minimum Gasteiger partial charge on any atom is -0.389 e. The molecule has 3 aliphatic rings. The summed E-state index contributed by atoms with van der Waals surface area (Å²) < 4.78 is 28.3. The van der Waals surface area contributed by atoms with E-state index in [0.717, 1.165) is 26.2 Å². The highest BCUT2D eigenvalue weighted by Crippen LogP contribution is 2.43. The summed E-state index contributed by atoms with van der Waals surface area (Å²) in [6.07, 6.45) is 3.13. The predicted octanol–water partition coefficient (Wildman–Crippen LogP) is 2.09. The second kappa shape index (κ2) is 10.1. The fourth-order valence-electron chi connectivity index (χ4n) is 6.45. The number of benzene rings is 1. The highest BCUT2D eigenvalue weighted by molar-refractivity contribution is 6.02. The van der Waals surface area contributed by atoms with Gasteiger partial charge in [0.05, 0.1) is 6.04 Å². The van der Waals surface area contributed by atoms with Crippen LogP contribution in [0.1, 0.15) is 55.1 Å². The number of nitrogens with zero attached hydrogens (tertiary/aromatic N) is 1. The van der Waals surface area contributed by atoms with Crippen molar-refractivity contribution < 1.29 is 33.1 Å². The molecule has 3 heterocycles. The number of ketones is 1. The Morgan fingerprint density at radius 2 is 2.03 bits per heavy atom. The number of aromatic nitrogens is 1. The van der Waals surface area contributed by atoms with E-state index in [1.807, 2.05) is 0 Å². The number of amides is 3. The predicted molar refractivity (Wildman–Crippen MR) is 133 cm³/mol. The molecule has 5 rings (SSSR count). The minimum absolute atomic E-state index is 0.0712. The summed E-state index contributed by atoms with van der Waals surface area (Å²) in [6, 6.07) is 3.95. The maximum atomic E-state index is 14.2. The van der Waals surface area contributed by atoms with Gasteiger partial charge in [-0.1, -0.05) is 18.6 Å². The Balaban J connectivity index is 1.41. The molecule has 0 spiro atoms. The molecular formula is C27H32F2N4O5. The van der Waals surface area contributed by atoms with Crippen LogP contribution in [0.15, 0.2) is 24.3 Å². The van der Waals surface area contributed by atoms with E-state index in [0.29, 0.717) is 25.0 Å². The van der Waals surface area contributed by atoms with Crippen LogP contribution in [0.5, 0.6) is 0 Å². The Kier molecular flexibility index (Phi) is 6.97. The third kappa shape index (κ3) is 4.79. The van der Waals surface area contributed by atoms with Gasteiger partial charge in [0.15, 0.2) is 5.78 Å². The standard InChI is InChI=1S/C27H32F2N4O5/c1-27(28,29)18-6-3-7-19-17(18)11-21(31-19)26(38)33-12-15-4-2-5-16(15)23(33)25(37)32-20(22(35)13-34)10-14-8-9-30-24(14)36/h3,6-7,11,14-16,20,23,31,34H,2,4-5,8-10,12-13H2,1H3,(H,30,36)(H,32,37)/t14-,15-,16-,20-,23-/m0/s1. The topological polar surface area (TPSA) is 132 Å². The smallest absolute Gasteiger partial charge is 0.271 e. The molecule has 1 saturated carbocycles. The fraction of sp³-hybridized carbons (Fsp3) is 0.556. The zero-order valence-corrected chi connectivity index (χ0v) is 21.1. The number of carbonyl (C=O) groups excluding carboxylic acids is 4. The first kappa shape index (κ1) is 26.3. The van der Waals surface area contributed by atoms with E-state index in [9.17, 15) is 33.1 Å². The van der Waals surface area contributed by atoms with Gasteiger partial charge < -0.3 is 25.6 Å². The molecule has 1 aromatic heterocycles. The van der Waals surface area contributed by atoms with Gasteiger partial charge in [-0.05, 0) is 49.7 Å². The third-order valence-electron chi connectivity index (χ3n) is 8.33. The van der Waals surface area contributed by atoms with Crippen LogP contribution in [-0.4, -0.2) is 70.3 Å². The quantitative estimate of drug-likeness (QED) is 0.415. The van der Waals surface area contributed by atoms with Crippen molar-refractivity contribution in [3.63, 3.8) is 0 Å². The summed E-state index contributed by atoms with van der Waals surface area (Å²) >= 11 is 0. The Labute approximate surface area is 218 Å². The number of nitrogens with one attached hydrogen (secondary N) is 3. The number of rotatable bonds is 8. The fourth-order valence-corrected chi connectivity index (χ4v) is 6.45.